The van der Waals surface area contributed by atoms with E-state index in [0.717, 1.165) is 27.9 Å². The van der Waals surface area contributed by atoms with Crippen LogP contribution < -0.4 is 10.1 Å². The van der Waals surface area contributed by atoms with Crippen LogP contribution in [0.2, 0.25) is 0 Å². The molecule has 0 fully saturated rings. The van der Waals surface area contributed by atoms with Crippen molar-refractivity contribution in [2.75, 3.05) is 11.9 Å². The summed E-state index contributed by atoms with van der Waals surface area (Å²) in [5, 5.41) is 12.6. The highest BCUT2D eigenvalue weighted by Gasteiger charge is 2.11. The summed E-state index contributed by atoms with van der Waals surface area (Å²) in [7, 11) is 0. The molecule has 0 radical (unpaired) electrons. The van der Waals surface area contributed by atoms with Crippen molar-refractivity contribution in [1.82, 2.24) is 0 Å². The van der Waals surface area contributed by atoms with Crippen LogP contribution in [0.1, 0.15) is 24.9 Å². The van der Waals surface area contributed by atoms with Gasteiger partial charge in [0.15, 0.2) is 0 Å². The van der Waals surface area contributed by atoms with Crippen LogP contribution in [0.4, 0.5) is 5.69 Å². The number of nitrogens with one attached hydrogen (secondary N) is 1. The summed E-state index contributed by atoms with van der Waals surface area (Å²) in [6.07, 6.45) is 0.961. The minimum Gasteiger partial charge on any atom is -0.494 e. The van der Waals surface area contributed by atoms with Gasteiger partial charge >= 0.3 is 0 Å². The third kappa shape index (κ3) is 4.51. The molecule has 0 spiro atoms. The summed E-state index contributed by atoms with van der Waals surface area (Å²) < 4.78 is 6.59. The fraction of sp³-hybridized carbons (Fsp3) is 0.235. The van der Waals surface area contributed by atoms with Crippen LogP contribution in [0, 0.1) is 11.3 Å². The molecule has 2 rings (SSSR count). The van der Waals surface area contributed by atoms with Gasteiger partial charge in [-0.25, -0.2) is 0 Å². The second-order valence-electron chi connectivity index (χ2n) is 4.64. The molecule has 108 valence electrons. The number of halogens is 1. The first kappa shape index (κ1) is 15.4. The Labute approximate surface area is 133 Å². The van der Waals surface area contributed by atoms with E-state index in [4.69, 9.17) is 4.74 Å². The van der Waals surface area contributed by atoms with Crippen LogP contribution in [-0.4, -0.2) is 6.61 Å². The SMILES string of the molecule is CCCOc1cccc(C(C#N)Nc2cccc(Br)c2)c1. The third-order valence-electron chi connectivity index (χ3n) is 2.93. The number of hydrogen-bond acceptors (Lipinski definition) is 3. The molecule has 0 saturated heterocycles. The molecule has 0 aliphatic heterocycles. The Hall–Kier alpha value is -1.99. The minimum atomic E-state index is -0.413. The molecule has 1 N–H and O–H groups in total. The average Bonchev–Trinajstić information content (AvgIpc) is 2.51. The molecule has 21 heavy (non-hydrogen) atoms. The van der Waals surface area contributed by atoms with Gasteiger partial charge in [0.05, 0.1) is 12.7 Å². The number of rotatable bonds is 6. The van der Waals surface area contributed by atoms with E-state index in [9.17, 15) is 5.26 Å². The lowest BCUT2D eigenvalue weighted by Crippen LogP contribution is -2.08. The first-order chi connectivity index (χ1) is 10.2. The van der Waals surface area contributed by atoms with Crippen LogP contribution in [0.25, 0.3) is 0 Å². The van der Waals surface area contributed by atoms with Gasteiger partial charge in [-0.05, 0) is 42.3 Å². The van der Waals surface area contributed by atoms with Crippen molar-refractivity contribution < 1.29 is 4.74 Å². The van der Waals surface area contributed by atoms with Crippen molar-refractivity contribution in [2.45, 2.75) is 19.4 Å². The molecule has 1 atom stereocenters. The average molecular weight is 345 g/mol. The molecule has 0 aliphatic rings. The molecule has 0 saturated carbocycles. The number of nitrogens with zero attached hydrogens (tertiary/aromatic N) is 1. The lowest BCUT2D eigenvalue weighted by Gasteiger charge is -2.15. The van der Waals surface area contributed by atoms with Gasteiger partial charge in [0.25, 0.3) is 0 Å². The molecule has 4 heteroatoms. The fourth-order valence-corrected chi connectivity index (χ4v) is 2.34. The summed E-state index contributed by atoms with van der Waals surface area (Å²) in [5.74, 6) is 0.797. The van der Waals surface area contributed by atoms with E-state index in [2.05, 4.69) is 34.2 Å². The van der Waals surface area contributed by atoms with Crippen LogP contribution in [0.5, 0.6) is 5.75 Å². The van der Waals surface area contributed by atoms with Crippen molar-refractivity contribution in [3.05, 3.63) is 58.6 Å². The predicted molar refractivity (Wildman–Crippen MR) is 88.3 cm³/mol. The molecule has 1 unspecified atom stereocenters. The number of benzene rings is 2. The van der Waals surface area contributed by atoms with Gasteiger partial charge in [-0.2, -0.15) is 5.26 Å². The highest BCUT2D eigenvalue weighted by Crippen LogP contribution is 2.24. The topological polar surface area (TPSA) is 45.0 Å². The van der Waals surface area contributed by atoms with Crippen LogP contribution >= 0.6 is 15.9 Å². The maximum Gasteiger partial charge on any atom is 0.140 e. The Morgan fingerprint density at radius 3 is 2.76 bits per heavy atom. The lowest BCUT2D eigenvalue weighted by molar-refractivity contribution is 0.317. The smallest absolute Gasteiger partial charge is 0.140 e. The van der Waals surface area contributed by atoms with Gasteiger partial charge in [0.1, 0.15) is 11.8 Å². The Balaban J connectivity index is 2.16. The van der Waals surface area contributed by atoms with Gasteiger partial charge in [-0.15, -0.1) is 0 Å². The second-order valence-corrected chi connectivity index (χ2v) is 5.55. The highest BCUT2D eigenvalue weighted by molar-refractivity contribution is 9.10. The highest BCUT2D eigenvalue weighted by atomic mass is 79.9. The van der Waals surface area contributed by atoms with E-state index in [1.165, 1.54) is 0 Å². The minimum absolute atomic E-state index is 0.413. The monoisotopic (exact) mass is 344 g/mol. The molecule has 2 aromatic carbocycles. The summed E-state index contributed by atoms with van der Waals surface area (Å²) in [6.45, 7) is 2.75. The molecule has 0 heterocycles. The van der Waals surface area contributed by atoms with Gasteiger partial charge in [0, 0.05) is 10.2 Å². The zero-order chi connectivity index (χ0) is 15.1. The summed E-state index contributed by atoms with van der Waals surface area (Å²) in [4.78, 5) is 0. The molecule has 3 nitrogen and oxygen atoms in total. The number of hydrogen-bond donors (Lipinski definition) is 1. The van der Waals surface area contributed by atoms with E-state index in [0.29, 0.717) is 6.61 Å². The zero-order valence-corrected chi connectivity index (χ0v) is 13.4. The number of ether oxygens (including phenoxy) is 1. The van der Waals surface area contributed by atoms with E-state index >= 15 is 0 Å². The molecular formula is C17H17BrN2O. The Bertz CT molecular complexity index is 637. The molecule has 0 amide bonds. The quantitative estimate of drug-likeness (QED) is 0.809. The molecule has 0 bridgehead atoms. The van der Waals surface area contributed by atoms with Crippen LogP contribution in [0.3, 0.4) is 0 Å². The number of nitriles is 1. The lowest BCUT2D eigenvalue weighted by atomic mass is 10.1. The van der Waals surface area contributed by atoms with Gasteiger partial charge in [-0.1, -0.05) is 41.1 Å². The maximum atomic E-state index is 9.41. The normalized spacial score (nSPS) is 11.5. The fourth-order valence-electron chi connectivity index (χ4n) is 1.94. The number of anilines is 1. The first-order valence-electron chi connectivity index (χ1n) is 6.87. The molecular weight excluding hydrogens is 328 g/mol. The summed E-state index contributed by atoms with van der Waals surface area (Å²) in [6, 6.07) is 17.3. The van der Waals surface area contributed by atoms with E-state index in [1.807, 2.05) is 48.5 Å². The third-order valence-corrected chi connectivity index (χ3v) is 3.42. The van der Waals surface area contributed by atoms with Gasteiger partial charge < -0.3 is 10.1 Å². The molecule has 0 aliphatic carbocycles. The van der Waals surface area contributed by atoms with Crippen molar-refractivity contribution in [2.24, 2.45) is 0 Å². The van der Waals surface area contributed by atoms with E-state index < -0.39 is 6.04 Å². The van der Waals surface area contributed by atoms with Crippen molar-refractivity contribution in [3.63, 3.8) is 0 Å². The Morgan fingerprint density at radius 1 is 1.24 bits per heavy atom. The molecule has 2 aromatic rings. The zero-order valence-electron chi connectivity index (χ0n) is 11.8. The Kier molecular flexibility index (Phi) is 5.65. The van der Waals surface area contributed by atoms with Crippen LogP contribution in [-0.2, 0) is 0 Å². The van der Waals surface area contributed by atoms with E-state index in [1.54, 1.807) is 0 Å². The standard InChI is InChI=1S/C17H17BrN2O/c1-2-9-21-16-8-3-5-13(10-16)17(12-19)20-15-7-4-6-14(18)11-15/h3-8,10-11,17,20H,2,9H2,1H3. The Morgan fingerprint density at radius 2 is 2.05 bits per heavy atom. The maximum absolute atomic E-state index is 9.41. The van der Waals surface area contributed by atoms with Gasteiger partial charge in [-0.3, -0.25) is 0 Å². The van der Waals surface area contributed by atoms with Crippen LogP contribution in [0.15, 0.2) is 53.0 Å². The van der Waals surface area contributed by atoms with Crippen molar-refractivity contribution in [1.29, 1.82) is 5.26 Å². The predicted octanol–water partition coefficient (Wildman–Crippen LogP) is 4.91. The van der Waals surface area contributed by atoms with Crippen molar-refractivity contribution >= 4 is 21.6 Å². The summed E-state index contributed by atoms with van der Waals surface area (Å²) >= 11 is 3.43. The first-order valence-corrected chi connectivity index (χ1v) is 7.66. The second kappa shape index (κ2) is 7.70. The summed E-state index contributed by atoms with van der Waals surface area (Å²) in [5.41, 5.74) is 1.79. The van der Waals surface area contributed by atoms with E-state index in [-0.39, 0.29) is 0 Å². The van der Waals surface area contributed by atoms with Crippen molar-refractivity contribution in [3.8, 4) is 11.8 Å². The molecule has 0 aromatic heterocycles. The largest absolute Gasteiger partial charge is 0.494 e. The van der Waals surface area contributed by atoms with Gasteiger partial charge in [0.2, 0.25) is 0 Å².